The van der Waals surface area contributed by atoms with Crippen LogP contribution in [0, 0.1) is 5.92 Å². The SMILES string of the molecule is CC(C(=O)O)C(C)N1CCOCC1(C)C. The van der Waals surface area contributed by atoms with E-state index < -0.39 is 5.97 Å². The zero-order chi connectivity index (χ0) is 11.6. The maximum Gasteiger partial charge on any atom is 0.307 e. The summed E-state index contributed by atoms with van der Waals surface area (Å²) in [4.78, 5) is 13.2. The van der Waals surface area contributed by atoms with Gasteiger partial charge in [0.15, 0.2) is 0 Å². The van der Waals surface area contributed by atoms with E-state index in [0.29, 0.717) is 13.2 Å². The molecule has 0 spiro atoms. The Labute approximate surface area is 91.2 Å². The molecule has 0 aromatic carbocycles. The summed E-state index contributed by atoms with van der Waals surface area (Å²) in [7, 11) is 0. The molecule has 0 aromatic heterocycles. The predicted octanol–water partition coefficient (Wildman–Crippen LogP) is 1.21. The molecule has 4 nitrogen and oxygen atoms in total. The molecule has 0 amide bonds. The molecule has 0 saturated carbocycles. The van der Waals surface area contributed by atoms with Gasteiger partial charge in [0.1, 0.15) is 0 Å². The molecule has 88 valence electrons. The Morgan fingerprint density at radius 2 is 2.07 bits per heavy atom. The first-order valence-corrected chi connectivity index (χ1v) is 5.43. The van der Waals surface area contributed by atoms with Crippen molar-refractivity contribution in [3.05, 3.63) is 0 Å². The molecule has 2 atom stereocenters. The van der Waals surface area contributed by atoms with Crippen LogP contribution >= 0.6 is 0 Å². The molecule has 15 heavy (non-hydrogen) atoms. The van der Waals surface area contributed by atoms with Gasteiger partial charge < -0.3 is 9.84 Å². The molecule has 1 rings (SSSR count). The van der Waals surface area contributed by atoms with Crippen LogP contribution in [0.1, 0.15) is 27.7 Å². The van der Waals surface area contributed by atoms with E-state index in [4.69, 9.17) is 9.84 Å². The van der Waals surface area contributed by atoms with E-state index in [0.717, 1.165) is 6.54 Å². The van der Waals surface area contributed by atoms with Gasteiger partial charge in [-0.1, -0.05) is 6.92 Å². The van der Waals surface area contributed by atoms with Crippen LogP contribution in [0.3, 0.4) is 0 Å². The number of ether oxygens (including phenoxy) is 1. The summed E-state index contributed by atoms with van der Waals surface area (Å²) in [6.45, 7) is 10.1. The third-order valence-corrected chi connectivity index (χ3v) is 3.31. The van der Waals surface area contributed by atoms with Crippen molar-refractivity contribution in [1.29, 1.82) is 0 Å². The van der Waals surface area contributed by atoms with Crippen LogP contribution in [0.4, 0.5) is 0 Å². The summed E-state index contributed by atoms with van der Waals surface area (Å²) in [5.41, 5.74) is -0.0681. The van der Waals surface area contributed by atoms with Crippen molar-refractivity contribution in [2.75, 3.05) is 19.8 Å². The van der Waals surface area contributed by atoms with E-state index >= 15 is 0 Å². The first-order valence-electron chi connectivity index (χ1n) is 5.43. The van der Waals surface area contributed by atoms with Gasteiger partial charge in [-0.05, 0) is 20.8 Å². The Kier molecular flexibility index (Phi) is 3.73. The van der Waals surface area contributed by atoms with Gasteiger partial charge in [0.25, 0.3) is 0 Å². The maximum atomic E-state index is 10.9. The molecule has 0 aliphatic carbocycles. The van der Waals surface area contributed by atoms with Gasteiger partial charge in [-0.3, -0.25) is 9.69 Å². The Bertz CT molecular complexity index is 240. The van der Waals surface area contributed by atoms with E-state index in [9.17, 15) is 4.79 Å². The molecule has 1 aliphatic rings. The third-order valence-electron chi connectivity index (χ3n) is 3.31. The molecule has 1 aliphatic heterocycles. The lowest BCUT2D eigenvalue weighted by Gasteiger charge is -2.46. The monoisotopic (exact) mass is 215 g/mol. The number of rotatable bonds is 3. The van der Waals surface area contributed by atoms with E-state index in [2.05, 4.69) is 18.7 Å². The molecular weight excluding hydrogens is 194 g/mol. The molecule has 1 N–H and O–H groups in total. The van der Waals surface area contributed by atoms with Crippen molar-refractivity contribution in [2.24, 2.45) is 5.92 Å². The van der Waals surface area contributed by atoms with Crippen LogP contribution in [-0.4, -0.2) is 47.3 Å². The molecule has 0 aromatic rings. The van der Waals surface area contributed by atoms with Crippen molar-refractivity contribution in [3.63, 3.8) is 0 Å². The molecule has 1 fully saturated rings. The average molecular weight is 215 g/mol. The molecular formula is C11H21NO3. The fourth-order valence-corrected chi connectivity index (χ4v) is 2.10. The second-order valence-electron chi connectivity index (χ2n) is 4.93. The number of nitrogens with zero attached hydrogens (tertiary/aromatic N) is 1. The molecule has 2 unspecified atom stereocenters. The first-order chi connectivity index (χ1) is 6.86. The number of carboxylic acid groups (broad SMARTS) is 1. The third kappa shape index (κ3) is 2.69. The lowest BCUT2D eigenvalue weighted by molar-refractivity contribution is -0.146. The van der Waals surface area contributed by atoms with Gasteiger partial charge in [0, 0.05) is 18.1 Å². The van der Waals surface area contributed by atoms with E-state index in [-0.39, 0.29) is 17.5 Å². The summed E-state index contributed by atoms with van der Waals surface area (Å²) in [6.07, 6.45) is 0. The quantitative estimate of drug-likeness (QED) is 0.768. The van der Waals surface area contributed by atoms with Crippen LogP contribution in [0.2, 0.25) is 0 Å². The topological polar surface area (TPSA) is 49.8 Å². The molecule has 4 heteroatoms. The summed E-state index contributed by atoms with van der Waals surface area (Å²) < 4.78 is 5.42. The summed E-state index contributed by atoms with van der Waals surface area (Å²) in [5, 5.41) is 9.00. The highest BCUT2D eigenvalue weighted by Crippen LogP contribution is 2.25. The second-order valence-corrected chi connectivity index (χ2v) is 4.93. The van der Waals surface area contributed by atoms with Crippen molar-refractivity contribution in [2.45, 2.75) is 39.3 Å². The zero-order valence-corrected chi connectivity index (χ0v) is 9.99. The highest BCUT2D eigenvalue weighted by molar-refractivity contribution is 5.70. The standard InChI is InChI=1S/C11H21NO3/c1-8(10(13)14)9(2)12-5-6-15-7-11(12,3)4/h8-9H,5-7H2,1-4H3,(H,13,14). The van der Waals surface area contributed by atoms with E-state index in [1.807, 2.05) is 6.92 Å². The van der Waals surface area contributed by atoms with Crippen molar-refractivity contribution in [3.8, 4) is 0 Å². The molecule has 0 radical (unpaired) electrons. The number of morpholine rings is 1. The van der Waals surface area contributed by atoms with E-state index in [1.165, 1.54) is 0 Å². The Hall–Kier alpha value is -0.610. The highest BCUT2D eigenvalue weighted by atomic mass is 16.5. The van der Waals surface area contributed by atoms with Gasteiger partial charge in [0.2, 0.25) is 0 Å². The second kappa shape index (κ2) is 4.49. The average Bonchev–Trinajstić information content (AvgIpc) is 2.15. The zero-order valence-electron chi connectivity index (χ0n) is 9.99. The van der Waals surface area contributed by atoms with Gasteiger partial charge in [-0.2, -0.15) is 0 Å². The molecule has 1 saturated heterocycles. The van der Waals surface area contributed by atoms with Crippen LogP contribution in [0.25, 0.3) is 0 Å². The normalized spacial score (nSPS) is 25.9. The van der Waals surface area contributed by atoms with Crippen LogP contribution in [-0.2, 0) is 9.53 Å². The summed E-state index contributed by atoms with van der Waals surface area (Å²) >= 11 is 0. The highest BCUT2D eigenvalue weighted by Gasteiger charge is 2.37. The maximum absolute atomic E-state index is 10.9. The number of carboxylic acids is 1. The Morgan fingerprint density at radius 1 is 1.47 bits per heavy atom. The van der Waals surface area contributed by atoms with Crippen molar-refractivity contribution in [1.82, 2.24) is 4.90 Å². The minimum atomic E-state index is -0.732. The fraction of sp³-hybridized carbons (Fsp3) is 0.909. The lowest BCUT2D eigenvalue weighted by Crippen LogP contribution is -2.58. The lowest BCUT2D eigenvalue weighted by atomic mass is 9.94. The summed E-state index contributed by atoms with van der Waals surface area (Å²) in [5.74, 6) is -1.08. The van der Waals surface area contributed by atoms with Crippen molar-refractivity contribution >= 4 is 5.97 Å². The van der Waals surface area contributed by atoms with Crippen molar-refractivity contribution < 1.29 is 14.6 Å². The molecule has 1 heterocycles. The van der Waals surface area contributed by atoms with E-state index in [1.54, 1.807) is 6.92 Å². The van der Waals surface area contributed by atoms with Gasteiger partial charge >= 0.3 is 5.97 Å². The van der Waals surface area contributed by atoms with Gasteiger partial charge in [0.05, 0.1) is 19.1 Å². The Morgan fingerprint density at radius 3 is 2.53 bits per heavy atom. The Balaban J connectivity index is 2.72. The first kappa shape index (κ1) is 12.5. The number of hydrogen-bond donors (Lipinski definition) is 1. The van der Waals surface area contributed by atoms with Gasteiger partial charge in [-0.15, -0.1) is 0 Å². The number of aliphatic carboxylic acids is 1. The number of hydrogen-bond acceptors (Lipinski definition) is 3. The van der Waals surface area contributed by atoms with Crippen LogP contribution in [0.5, 0.6) is 0 Å². The molecule has 0 bridgehead atoms. The van der Waals surface area contributed by atoms with Gasteiger partial charge in [-0.25, -0.2) is 0 Å². The minimum absolute atomic E-state index is 0.0430. The predicted molar refractivity (Wildman–Crippen MR) is 57.9 cm³/mol. The largest absolute Gasteiger partial charge is 0.481 e. The smallest absolute Gasteiger partial charge is 0.307 e. The minimum Gasteiger partial charge on any atom is -0.481 e. The summed E-state index contributed by atoms with van der Waals surface area (Å²) in [6, 6.07) is 0.0430. The van der Waals surface area contributed by atoms with Crippen LogP contribution in [0.15, 0.2) is 0 Å². The fourth-order valence-electron chi connectivity index (χ4n) is 2.10. The number of carbonyl (C=O) groups is 1. The van der Waals surface area contributed by atoms with Crippen LogP contribution < -0.4 is 0 Å².